The Morgan fingerprint density at radius 1 is 0.968 bits per heavy atom. The predicted molar refractivity (Wildman–Crippen MR) is 115 cm³/mol. The maximum Gasteiger partial charge on any atom is 0.573 e. The molecular weight excluding hydrogens is 407 g/mol. The number of carbonyl (C=O) groups excluding carboxylic acids is 1. The minimum atomic E-state index is -4.71. The van der Waals surface area contributed by atoms with Gasteiger partial charge in [0.25, 0.3) is 0 Å². The first-order valence-corrected chi connectivity index (χ1v) is 9.31. The van der Waals surface area contributed by atoms with Gasteiger partial charge < -0.3 is 21.1 Å². The Balaban J connectivity index is 1.50. The van der Waals surface area contributed by atoms with E-state index in [2.05, 4.69) is 15.4 Å². The normalized spacial score (nSPS) is 11.3. The minimum absolute atomic E-state index is 0.270. The number of benzene rings is 3. The summed E-state index contributed by atoms with van der Waals surface area (Å²) in [5.41, 5.74) is 9.31. The molecule has 0 bridgehead atoms. The molecule has 0 aliphatic heterocycles. The van der Waals surface area contributed by atoms with Crippen LogP contribution in [0.5, 0.6) is 5.75 Å². The fourth-order valence-corrected chi connectivity index (χ4v) is 2.68. The van der Waals surface area contributed by atoms with E-state index in [1.54, 1.807) is 30.3 Å². The van der Waals surface area contributed by atoms with Crippen LogP contribution in [0.25, 0.3) is 6.08 Å². The van der Waals surface area contributed by atoms with Crippen molar-refractivity contribution < 1.29 is 22.7 Å². The number of carbonyl (C=O) groups is 1. The van der Waals surface area contributed by atoms with Crippen LogP contribution in [0.4, 0.5) is 30.2 Å². The highest BCUT2D eigenvalue weighted by molar-refractivity contribution is 6.03. The number of nitrogens with two attached hydrogens (primary N) is 1. The lowest BCUT2D eigenvalue weighted by Crippen LogP contribution is -2.17. The molecule has 3 aromatic carbocycles. The summed E-state index contributed by atoms with van der Waals surface area (Å²) in [6.45, 7) is 0.483. The molecule has 0 aromatic heterocycles. The van der Waals surface area contributed by atoms with E-state index in [-0.39, 0.29) is 11.7 Å². The molecule has 4 N–H and O–H groups in total. The van der Waals surface area contributed by atoms with Crippen LogP contribution in [0.3, 0.4) is 0 Å². The van der Waals surface area contributed by atoms with E-state index in [4.69, 9.17) is 5.73 Å². The third kappa shape index (κ3) is 7.11. The first-order chi connectivity index (χ1) is 14.8. The van der Waals surface area contributed by atoms with Crippen molar-refractivity contribution in [2.75, 3.05) is 16.4 Å². The quantitative estimate of drug-likeness (QED) is 0.347. The summed E-state index contributed by atoms with van der Waals surface area (Å²) in [5.74, 6) is -0.560. The van der Waals surface area contributed by atoms with Crippen LogP contribution in [-0.2, 0) is 11.3 Å². The number of para-hydroxylation sites is 2. The van der Waals surface area contributed by atoms with Gasteiger partial charge in [-0.1, -0.05) is 36.4 Å². The van der Waals surface area contributed by atoms with Crippen molar-refractivity contribution in [1.82, 2.24) is 0 Å². The molecule has 0 unspecified atom stereocenters. The maximum atomic E-state index is 12.2. The standard InChI is InChI=1S/C23H20F3N3O2/c24-23(25,26)31-19-12-10-18(11-13-19)28-15-17-7-5-16(6-8-17)9-14-22(30)29-21-4-2-1-3-20(21)27/h1-14,28H,15,27H2,(H,29,30)/b14-9+. The second-order valence-electron chi connectivity index (χ2n) is 6.58. The van der Waals surface area contributed by atoms with Gasteiger partial charge in [0, 0.05) is 18.3 Å². The lowest BCUT2D eigenvalue weighted by atomic mass is 10.1. The fourth-order valence-electron chi connectivity index (χ4n) is 2.68. The van der Waals surface area contributed by atoms with Gasteiger partial charge in [0.1, 0.15) is 5.75 Å². The van der Waals surface area contributed by atoms with Crippen molar-refractivity contribution in [2.24, 2.45) is 0 Å². The summed E-state index contributed by atoms with van der Waals surface area (Å²) in [7, 11) is 0. The first kappa shape index (κ1) is 21.8. The van der Waals surface area contributed by atoms with Crippen LogP contribution in [0, 0.1) is 0 Å². The predicted octanol–water partition coefficient (Wildman–Crippen LogP) is 5.43. The molecule has 3 rings (SSSR count). The van der Waals surface area contributed by atoms with Gasteiger partial charge in [-0.25, -0.2) is 0 Å². The average Bonchev–Trinajstić information content (AvgIpc) is 2.73. The third-order valence-corrected chi connectivity index (χ3v) is 4.21. The van der Waals surface area contributed by atoms with Gasteiger partial charge in [0.15, 0.2) is 0 Å². The number of halogens is 3. The van der Waals surface area contributed by atoms with Gasteiger partial charge in [0.05, 0.1) is 11.4 Å². The van der Waals surface area contributed by atoms with Crippen molar-refractivity contribution in [3.05, 3.63) is 90.0 Å². The maximum absolute atomic E-state index is 12.2. The Morgan fingerprint density at radius 2 is 1.65 bits per heavy atom. The molecule has 5 nitrogen and oxygen atoms in total. The zero-order valence-corrected chi connectivity index (χ0v) is 16.3. The van der Waals surface area contributed by atoms with Gasteiger partial charge >= 0.3 is 6.36 Å². The van der Waals surface area contributed by atoms with E-state index >= 15 is 0 Å². The molecule has 0 spiro atoms. The van der Waals surface area contributed by atoms with Crippen molar-refractivity contribution in [3.8, 4) is 5.75 Å². The zero-order valence-electron chi connectivity index (χ0n) is 16.3. The number of alkyl halides is 3. The Morgan fingerprint density at radius 3 is 2.29 bits per heavy atom. The Labute approximate surface area is 177 Å². The Kier molecular flexibility index (Phi) is 6.81. The second-order valence-corrected chi connectivity index (χ2v) is 6.58. The molecule has 1 amide bonds. The van der Waals surface area contributed by atoms with E-state index in [9.17, 15) is 18.0 Å². The Hall–Kier alpha value is -3.94. The number of nitrogen functional groups attached to an aromatic ring is 1. The SMILES string of the molecule is Nc1ccccc1NC(=O)/C=C/c1ccc(CNc2ccc(OC(F)(F)F)cc2)cc1. The molecule has 0 radical (unpaired) electrons. The van der Waals surface area contributed by atoms with Gasteiger partial charge in [-0.3, -0.25) is 4.79 Å². The largest absolute Gasteiger partial charge is 0.573 e. The van der Waals surface area contributed by atoms with E-state index in [1.165, 1.54) is 30.3 Å². The van der Waals surface area contributed by atoms with Crippen LogP contribution in [-0.4, -0.2) is 12.3 Å². The number of nitrogens with one attached hydrogen (secondary N) is 2. The second kappa shape index (κ2) is 9.71. The summed E-state index contributed by atoms with van der Waals surface area (Å²) in [6.07, 6.45) is -1.60. The molecule has 0 heterocycles. The van der Waals surface area contributed by atoms with E-state index < -0.39 is 6.36 Å². The highest BCUT2D eigenvalue weighted by Crippen LogP contribution is 2.24. The molecule has 31 heavy (non-hydrogen) atoms. The fraction of sp³-hybridized carbons (Fsp3) is 0.0870. The lowest BCUT2D eigenvalue weighted by Gasteiger charge is -2.10. The molecule has 0 fully saturated rings. The molecular formula is C23H20F3N3O2. The number of ether oxygens (including phenoxy) is 1. The summed E-state index contributed by atoms with van der Waals surface area (Å²) in [5, 5.41) is 5.84. The first-order valence-electron chi connectivity index (χ1n) is 9.31. The number of anilines is 3. The van der Waals surface area contributed by atoms with Gasteiger partial charge in [-0.15, -0.1) is 13.2 Å². The molecule has 0 saturated heterocycles. The molecule has 0 atom stereocenters. The highest BCUT2D eigenvalue weighted by atomic mass is 19.4. The van der Waals surface area contributed by atoms with E-state index in [1.807, 2.05) is 24.3 Å². The van der Waals surface area contributed by atoms with Gasteiger partial charge in [-0.05, 0) is 53.6 Å². The molecule has 0 aliphatic rings. The topological polar surface area (TPSA) is 76.4 Å². The summed E-state index contributed by atoms with van der Waals surface area (Å²) in [4.78, 5) is 12.0. The zero-order chi connectivity index (χ0) is 22.3. The van der Waals surface area contributed by atoms with E-state index in [0.29, 0.717) is 23.6 Å². The van der Waals surface area contributed by atoms with E-state index in [0.717, 1.165) is 11.1 Å². The molecule has 0 saturated carbocycles. The van der Waals surface area contributed by atoms with Gasteiger partial charge in [-0.2, -0.15) is 0 Å². The Bertz CT molecular complexity index is 1050. The lowest BCUT2D eigenvalue weighted by molar-refractivity contribution is -0.274. The van der Waals surface area contributed by atoms with Crippen molar-refractivity contribution >= 4 is 29.0 Å². The summed E-state index contributed by atoms with van der Waals surface area (Å²) >= 11 is 0. The van der Waals surface area contributed by atoms with Crippen molar-refractivity contribution in [2.45, 2.75) is 12.9 Å². The smallest absolute Gasteiger partial charge is 0.406 e. The number of rotatable bonds is 7. The minimum Gasteiger partial charge on any atom is -0.406 e. The number of amides is 1. The number of hydrogen-bond acceptors (Lipinski definition) is 4. The van der Waals surface area contributed by atoms with Crippen molar-refractivity contribution in [1.29, 1.82) is 0 Å². The van der Waals surface area contributed by atoms with Crippen LogP contribution >= 0.6 is 0 Å². The number of hydrogen-bond donors (Lipinski definition) is 3. The van der Waals surface area contributed by atoms with Crippen molar-refractivity contribution in [3.63, 3.8) is 0 Å². The monoisotopic (exact) mass is 427 g/mol. The highest BCUT2D eigenvalue weighted by Gasteiger charge is 2.30. The average molecular weight is 427 g/mol. The summed E-state index contributed by atoms with van der Waals surface area (Å²) in [6, 6.07) is 20.0. The van der Waals surface area contributed by atoms with Crippen LogP contribution in [0.1, 0.15) is 11.1 Å². The summed E-state index contributed by atoms with van der Waals surface area (Å²) < 4.78 is 40.4. The molecule has 3 aromatic rings. The van der Waals surface area contributed by atoms with Crippen LogP contribution in [0.2, 0.25) is 0 Å². The third-order valence-electron chi connectivity index (χ3n) is 4.21. The molecule has 0 aliphatic carbocycles. The van der Waals surface area contributed by atoms with Crippen LogP contribution in [0.15, 0.2) is 78.9 Å². The van der Waals surface area contributed by atoms with Gasteiger partial charge in [0.2, 0.25) is 5.91 Å². The molecule has 160 valence electrons. The van der Waals surface area contributed by atoms with Crippen LogP contribution < -0.4 is 21.1 Å². The molecule has 8 heteroatoms.